The molecular weight excluding hydrogens is 242 g/mol. The van der Waals surface area contributed by atoms with Crippen molar-refractivity contribution in [3.8, 4) is 0 Å². The number of hydrogen-bond acceptors (Lipinski definition) is 2. The molecule has 78 valence electrons. The molecule has 0 bridgehead atoms. The molecule has 0 aliphatic rings. The van der Waals surface area contributed by atoms with Gasteiger partial charge in [-0.2, -0.15) is 0 Å². The molecule has 1 aromatic carbocycles. The Labute approximate surface area is 93.3 Å². The van der Waals surface area contributed by atoms with E-state index in [9.17, 15) is 5.11 Å². The van der Waals surface area contributed by atoms with Crippen LogP contribution in [0.5, 0.6) is 0 Å². The minimum Gasteiger partial charge on any atom is -0.391 e. The monoisotopic (exact) mass is 257 g/mol. The van der Waals surface area contributed by atoms with E-state index in [0.717, 1.165) is 10.0 Å². The number of hydrogen-bond donors (Lipinski definition) is 2. The van der Waals surface area contributed by atoms with Crippen LogP contribution in [0.15, 0.2) is 28.7 Å². The van der Waals surface area contributed by atoms with Crippen molar-refractivity contribution in [2.24, 2.45) is 11.7 Å². The SMILES string of the molecule is CC(C)[C@H](O)[C@H](N)c1ccccc1Br. The van der Waals surface area contributed by atoms with Gasteiger partial charge in [0.25, 0.3) is 0 Å². The maximum atomic E-state index is 9.83. The summed E-state index contributed by atoms with van der Waals surface area (Å²) in [6.45, 7) is 3.92. The Morgan fingerprint density at radius 3 is 2.36 bits per heavy atom. The van der Waals surface area contributed by atoms with Crippen molar-refractivity contribution >= 4 is 15.9 Å². The van der Waals surface area contributed by atoms with Crippen LogP contribution in [0.4, 0.5) is 0 Å². The second-order valence-corrected chi connectivity index (χ2v) is 4.64. The molecule has 0 unspecified atom stereocenters. The average molecular weight is 258 g/mol. The Balaban J connectivity index is 2.89. The second kappa shape index (κ2) is 4.91. The number of aliphatic hydroxyl groups is 1. The highest BCUT2D eigenvalue weighted by atomic mass is 79.9. The molecule has 0 heterocycles. The molecule has 2 nitrogen and oxygen atoms in total. The fourth-order valence-electron chi connectivity index (χ4n) is 1.34. The Bertz CT molecular complexity index is 301. The molecule has 0 saturated heterocycles. The highest BCUT2D eigenvalue weighted by Crippen LogP contribution is 2.26. The maximum absolute atomic E-state index is 9.83. The summed E-state index contributed by atoms with van der Waals surface area (Å²) in [6.07, 6.45) is -0.506. The van der Waals surface area contributed by atoms with Crippen LogP contribution in [0.2, 0.25) is 0 Å². The molecule has 0 aliphatic heterocycles. The predicted molar refractivity (Wildman–Crippen MR) is 61.9 cm³/mol. The zero-order valence-corrected chi connectivity index (χ0v) is 10.0. The standard InChI is InChI=1S/C11H16BrNO/c1-7(2)11(14)10(13)8-5-3-4-6-9(8)12/h3-7,10-11,14H,13H2,1-2H3/t10-,11+/m1/s1. The Morgan fingerprint density at radius 2 is 1.86 bits per heavy atom. The Morgan fingerprint density at radius 1 is 1.29 bits per heavy atom. The predicted octanol–water partition coefficient (Wildman–Crippen LogP) is 2.47. The van der Waals surface area contributed by atoms with E-state index in [1.54, 1.807) is 0 Å². The average Bonchev–Trinajstić information content (AvgIpc) is 2.16. The molecule has 0 spiro atoms. The number of benzene rings is 1. The van der Waals surface area contributed by atoms with Gasteiger partial charge in [-0.05, 0) is 17.5 Å². The fraction of sp³-hybridized carbons (Fsp3) is 0.455. The first-order valence-corrected chi connectivity index (χ1v) is 5.51. The van der Waals surface area contributed by atoms with Crippen LogP contribution in [-0.2, 0) is 0 Å². The molecule has 0 saturated carbocycles. The molecule has 0 fully saturated rings. The topological polar surface area (TPSA) is 46.2 Å². The smallest absolute Gasteiger partial charge is 0.0756 e. The Hall–Kier alpha value is -0.380. The molecule has 0 radical (unpaired) electrons. The first kappa shape index (κ1) is 11.7. The normalized spacial score (nSPS) is 15.6. The van der Waals surface area contributed by atoms with Crippen LogP contribution >= 0.6 is 15.9 Å². The summed E-state index contributed by atoms with van der Waals surface area (Å²) in [5.41, 5.74) is 6.91. The fourth-order valence-corrected chi connectivity index (χ4v) is 1.89. The van der Waals surface area contributed by atoms with E-state index in [4.69, 9.17) is 5.73 Å². The molecule has 3 heteroatoms. The molecule has 14 heavy (non-hydrogen) atoms. The van der Waals surface area contributed by atoms with Crippen LogP contribution in [0, 0.1) is 5.92 Å². The summed E-state index contributed by atoms with van der Waals surface area (Å²) in [6, 6.07) is 7.39. The highest BCUT2D eigenvalue weighted by Gasteiger charge is 2.21. The van der Waals surface area contributed by atoms with Gasteiger partial charge in [-0.15, -0.1) is 0 Å². The molecule has 2 atom stereocenters. The van der Waals surface area contributed by atoms with Gasteiger partial charge in [-0.3, -0.25) is 0 Å². The first-order valence-electron chi connectivity index (χ1n) is 4.72. The first-order chi connectivity index (χ1) is 6.54. The molecule has 0 amide bonds. The van der Waals surface area contributed by atoms with E-state index < -0.39 is 6.10 Å². The van der Waals surface area contributed by atoms with Gasteiger partial charge in [0, 0.05) is 4.47 Å². The molecule has 0 aliphatic carbocycles. The second-order valence-electron chi connectivity index (χ2n) is 3.78. The molecule has 0 aromatic heterocycles. The summed E-state index contributed by atoms with van der Waals surface area (Å²) >= 11 is 3.42. The lowest BCUT2D eigenvalue weighted by Crippen LogP contribution is -2.30. The van der Waals surface area contributed by atoms with Crippen molar-refractivity contribution in [3.63, 3.8) is 0 Å². The lowest BCUT2D eigenvalue weighted by atomic mass is 9.95. The number of aliphatic hydroxyl groups excluding tert-OH is 1. The van der Waals surface area contributed by atoms with E-state index in [-0.39, 0.29) is 12.0 Å². The van der Waals surface area contributed by atoms with Crippen LogP contribution in [0.25, 0.3) is 0 Å². The van der Waals surface area contributed by atoms with E-state index >= 15 is 0 Å². The van der Waals surface area contributed by atoms with Gasteiger partial charge < -0.3 is 10.8 Å². The minimum atomic E-state index is -0.506. The van der Waals surface area contributed by atoms with E-state index in [1.807, 2.05) is 38.1 Å². The summed E-state index contributed by atoms with van der Waals surface area (Å²) < 4.78 is 0.951. The third kappa shape index (κ3) is 2.56. The summed E-state index contributed by atoms with van der Waals surface area (Å²) in [4.78, 5) is 0. The van der Waals surface area contributed by atoms with Gasteiger partial charge in [-0.25, -0.2) is 0 Å². The molecule has 3 N–H and O–H groups in total. The number of rotatable bonds is 3. The van der Waals surface area contributed by atoms with Crippen molar-refractivity contribution in [1.82, 2.24) is 0 Å². The highest BCUT2D eigenvalue weighted by molar-refractivity contribution is 9.10. The lowest BCUT2D eigenvalue weighted by molar-refractivity contribution is 0.0977. The number of nitrogens with two attached hydrogens (primary N) is 1. The Kier molecular flexibility index (Phi) is 4.11. The van der Waals surface area contributed by atoms with Gasteiger partial charge in [0.1, 0.15) is 0 Å². The van der Waals surface area contributed by atoms with Crippen LogP contribution in [0.1, 0.15) is 25.5 Å². The third-order valence-electron chi connectivity index (χ3n) is 2.32. The van der Waals surface area contributed by atoms with Gasteiger partial charge in [-0.1, -0.05) is 48.0 Å². The molecular formula is C11H16BrNO. The van der Waals surface area contributed by atoms with Gasteiger partial charge in [0.05, 0.1) is 12.1 Å². The van der Waals surface area contributed by atoms with Gasteiger partial charge in [0.15, 0.2) is 0 Å². The van der Waals surface area contributed by atoms with Crippen LogP contribution in [-0.4, -0.2) is 11.2 Å². The van der Waals surface area contributed by atoms with Crippen molar-refractivity contribution in [2.75, 3.05) is 0 Å². The van der Waals surface area contributed by atoms with Crippen molar-refractivity contribution in [2.45, 2.75) is 26.0 Å². The van der Waals surface area contributed by atoms with Gasteiger partial charge >= 0.3 is 0 Å². The largest absolute Gasteiger partial charge is 0.391 e. The quantitative estimate of drug-likeness (QED) is 0.874. The van der Waals surface area contributed by atoms with E-state index in [1.165, 1.54) is 0 Å². The van der Waals surface area contributed by atoms with Gasteiger partial charge in [0.2, 0.25) is 0 Å². The van der Waals surface area contributed by atoms with E-state index in [2.05, 4.69) is 15.9 Å². The summed E-state index contributed by atoms with van der Waals surface area (Å²) in [7, 11) is 0. The van der Waals surface area contributed by atoms with Crippen LogP contribution in [0.3, 0.4) is 0 Å². The molecule has 1 aromatic rings. The zero-order chi connectivity index (χ0) is 10.7. The zero-order valence-electron chi connectivity index (χ0n) is 8.44. The van der Waals surface area contributed by atoms with Crippen LogP contribution < -0.4 is 5.73 Å². The summed E-state index contributed by atoms with van der Waals surface area (Å²) in [5, 5.41) is 9.83. The third-order valence-corrected chi connectivity index (χ3v) is 3.04. The lowest BCUT2D eigenvalue weighted by Gasteiger charge is -2.23. The van der Waals surface area contributed by atoms with Crippen molar-refractivity contribution in [1.29, 1.82) is 0 Å². The van der Waals surface area contributed by atoms with Crippen molar-refractivity contribution in [3.05, 3.63) is 34.3 Å². The van der Waals surface area contributed by atoms with E-state index in [0.29, 0.717) is 0 Å². The van der Waals surface area contributed by atoms with Crippen molar-refractivity contribution < 1.29 is 5.11 Å². The maximum Gasteiger partial charge on any atom is 0.0756 e. The summed E-state index contributed by atoms with van der Waals surface area (Å²) in [5.74, 6) is 0.164. The molecule has 1 rings (SSSR count). The minimum absolute atomic E-state index is 0.164. The number of halogens is 1.